The SMILES string of the molecule is CCOC(=O)c1cc(C(F)(F)F)n(C2CCCN(c3cc(Cl)ccc3OS(=O)(=O)C(F)(F)F)C2)n1. The van der Waals surface area contributed by atoms with Crippen molar-refractivity contribution in [3.8, 4) is 5.75 Å². The van der Waals surface area contributed by atoms with Gasteiger partial charge in [0.1, 0.15) is 5.69 Å². The molecule has 1 aromatic carbocycles. The van der Waals surface area contributed by atoms with E-state index in [4.69, 9.17) is 16.3 Å². The van der Waals surface area contributed by atoms with Crippen molar-refractivity contribution < 1.29 is 48.5 Å². The molecule has 0 saturated carbocycles. The van der Waals surface area contributed by atoms with Gasteiger partial charge in [0.05, 0.1) is 18.3 Å². The van der Waals surface area contributed by atoms with Gasteiger partial charge < -0.3 is 13.8 Å². The van der Waals surface area contributed by atoms with E-state index < -0.39 is 51.0 Å². The number of benzene rings is 1. The number of aromatic nitrogens is 2. The summed E-state index contributed by atoms with van der Waals surface area (Å²) in [6.45, 7) is 1.31. The van der Waals surface area contributed by atoms with Crippen molar-refractivity contribution in [1.29, 1.82) is 0 Å². The Morgan fingerprint density at radius 3 is 2.49 bits per heavy atom. The van der Waals surface area contributed by atoms with Gasteiger partial charge in [0.2, 0.25) is 0 Å². The maximum absolute atomic E-state index is 13.7. The smallest absolute Gasteiger partial charge is 0.461 e. The van der Waals surface area contributed by atoms with Gasteiger partial charge in [-0.1, -0.05) is 11.6 Å². The molecule has 0 spiro atoms. The second-order valence-corrected chi connectivity index (χ2v) is 9.39. The van der Waals surface area contributed by atoms with Crippen molar-refractivity contribution in [2.24, 2.45) is 0 Å². The lowest BCUT2D eigenvalue weighted by atomic mass is 10.0. The van der Waals surface area contributed by atoms with Crippen molar-refractivity contribution in [2.75, 3.05) is 24.6 Å². The summed E-state index contributed by atoms with van der Waals surface area (Å²) in [6.07, 6.45) is -4.43. The first-order valence-corrected chi connectivity index (χ1v) is 11.8. The fourth-order valence-corrected chi connectivity index (χ4v) is 4.17. The van der Waals surface area contributed by atoms with Crippen LogP contribution in [0.3, 0.4) is 0 Å². The molecule has 16 heteroatoms. The number of ether oxygens (including phenoxy) is 1. The summed E-state index contributed by atoms with van der Waals surface area (Å²) < 4.78 is 112. The fraction of sp³-hybridized carbons (Fsp3) is 0.474. The molecule has 1 saturated heterocycles. The van der Waals surface area contributed by atoms with Crippen molar-refractivity contribution in [3.63, 3.8) is 0 Å². The highest BCUT2D eigenvalue weighted by atomic mass is 35.5. The van der Waals surface area contributed by atoms with Crippen LogP contribution < -0.4 is 9.08 Å². The molecule has 0 radical (unpaired) electrons. The van der Waals surface area contributed by atoms with E-state index in [1.807, 2.05) is 0 Å². The van der Waals surface area contributed by atoms with Crippen LogP contribution in [0, 0.1) is 0 Å². The minimum atomic E-state index is -6.02. The molecule has 194 valence electrons. The highest BCUT2D eigenvalue weighted by Gasteiger charge is 2.49. The van der Waals surface area contributed by atoms with Crippen LogP contribution in [0.1, 0.15) is 42.0 Å². The van der Waals surface area contributed by atoms with Crippen LogP contribution in [-0.4, -0.2) is 49.4 Å². The number of hydrogen-bond donors (Lipinski definition) is 0. The molecule has 3 rings (SSSR count). The zero-order valence-corrected chi connectivity index (χ0v) is 19.4. The third kappa shape index (κ3) is 5.94. The second kappa shape index (κ2) is 9.76. The van der Waals surface area contributed by atoms with Crippen molar-refractivity contribution in [3.05, 3.63) is 40.7 Å². The highest BCUT2D eigenvalue weighted by Crippen LogP contribution is 2.39. The molecule has 8 nitrogen and oxygen atoms in total. The van der Waals surface area contributed by atoms with Gasteiger partial charge in [0.15, 0.2) is 11.4 Å². The quantitative estimate of drug-likeness (QED) is 0.221. The van der Waals surface area contributed by atoms with Gasteiger partial charge >= 0.3 is 27.8 Å². The lowest BCUT2D eigenvalue weighted by molar-refractivity contribution is -0.145. The first-order chi connectivity index (χ1) is 16.1. The van der Waals surface area contributed by atoms with E-state index in [-0.39, 0.29) is 43.2 Å². The Morgan fingerprint density at radius 2 is 1.89 bits per heavy atom. The molecule has 2 heterocycles. The summed E-state index contributed by atoms with van der Waals surface area (Å²) in [5.74, 6) is -1.75. The minimum absolute atomic E-state index is 0.0264. The highest BCUT2D eigenvalue weighted by molar-refractivity contribution is 7.88. The second-order valence-electron chi connectivity index (χ2n) is 7.41. The standard InChI is InChI=1S/C19H18ClF6N3O5S/c1-2-33-17(30)13-9-16(18(21,22)23)29(27-13)12-4-3-7-28(10-12)14-8-11(20)5-6-15(14)34-35(31,32)19(24,25)26/h5-6,8-9,12H,2-4,7,10H2,1H3. The van der Waals surface area contributed by atoms with Crippen molar-refractivity contribution in [1.82, 2.24) is 9.78 Å². The Hall–Kier alpha value is -2.68. The van der Waals surface area contributed by atoms with E-state index >= 15 is 0 Å². The number of rotatable bonds is 6. The number of esters is 1. The first kappa shape index (κ1) is 26.9. The van der Waals surface area contributed by atoms with E-state index in [9.17, 15) is 39.6 Å². The normalized spacial score (nSPS) is 17.4. The molecule has 1 unspecified atom stereocenters. The molecule has 0 bridgehead atoms. The molecule has 1 aliphatic heterocycles. The molecule has 1 aliphatic rings. The molecule has 1 aromatic heterocycles. The van der Waals surface area contributed by atoms with Gasteiger partial charge in [-0.25, -0.2) is 4.79 Å². The van der Waals surface area contributed by atoms with E-state index in [0.717, 1.165) is 18.2 Å². The molecule has 1 fully saturated rings. The van der Waals surface area contributed by atoms with Crippen molar-refractivity contribution in [2.45, 2.75) is 37.5 Å². The topological polar surface area (TPSA) is 90.7 Å². The molecule has 1 atom stereocenters. The monoisotopic (exact) mass is 549 g/mol. The largest absolute Gasteiger partial charge is 0.534 e. The first-order valence-electron chi connectivity index (χ1n) is 10.0. The van der Waals surface area contributed by atoms with Crippen LogP contribution in [0.2, 0.25) is 5.02 Å². The number of halogens is 7. The third-order valence-corrected chi connectivity index (χ3v) is 6.20. The average molecular weight is 550 g/mol. The lowest BCUT2D eigenvalue weighted by Gasteiger charge is -2.36. The van der Waals surface area contributed by atoms with Gasteiger partial charge in [-0.15, -0.1) is 0 Å². The summed E-state index contributed by atoms with van der Waals surface area (Å²) in [6, 6.07) is 2.74. The van der Waals surface area contributed by atoms with Crippen LogP contribution in [-0.2, 0) is 21.0 Å². The van der Waals surface area contributed by atoms with Crippen LogP contribution in [0.5, 0.6) is 5.75 Å². The van der Waals surface area contributed by atoms with E-state index in [0.29, 0.717) is 10.7 Å². The fourth-order valence-electron chi connectivity index (χ4n) is 3.54. The van der Waals surface area contributed by atoms with Crippen LogP contribution in [0.4, 0.5) is 32.0 Å². The predicted octanol–water partition coefficient (Wildman–Crippen LogP) is 4.80. The number of carbonyl (C=O) groups excluding carboxylic acids is 1. The van der Waals surface area contributed by atoms with Crippen LogP contribution >= 0.6 is 11.6 Å². The van der Waals surface area contributed by atoms with E-state index in [1.165, 1.54) is 11.8 Å². The van der Waals surface area contributed by atoms with Crippen LogP contribution in [0.25, 0.3) is 0 Å². The maximum Gasteiger partial charge on any atom is 0.534 e. The summed E-state index contributed by atoms with van der Waals surface area (Å²) in [4.78, 5) is 13.3. The van der Waals surface area contributed by atoms with Gasteiger partial charge in [-0.2, -0.15) is 39.9 Å². The molecule has 0 aliphatic carbocycles. The summed E-state index contributed by atoms with van der Waals surface area (Å²) in [5, 5.41) is 3.80. The Balaban J connectivity index is 1.98. The van der Waals surface area contributed by atoms with Gasteiger partial charge in [0.25, 0.3) is 0 Å². The Bertz CT molecular complexity index is 1200. The number of anilines is 1. The number of piperidine rings is 1. The maximum atomic E-state index is 13.7. The van der Waals surface area contributed by atoms with Gasteiger partial charge in [-0.05, 0) is 38.0 Å². The summed E-state index contributed by atoms with van der Waals surface area (Å²) in [7, 11) is -6.02. The lowest BCUT2D eigenvalue weighted by Crippen LogP contribution is -2.38. The molecule has 35 heavy (non-hydrogen) atoms. The molecule has 0 amide bonds. The molecular weight excluding hydrogens is 532 g/mol. The third-order valence-electron chi connectivity index (χ3n) is 5.00. The number of hydrogen-bond acceptors (Lipinski definition) is 7. The van der Waals surface area contributed by atoms with Gasteiger partial charge in [-0.3, -0.25) is 4.68 Å². The summed E-state index contributed by atoms with van der Waals surface area (Å²) >= 11 is 5.93. The predicted molar refractivity (Wildman–Crippen MR) is 111 cm³/mol. The number of nitrogens with zero attached hydrogens (tertiary/aromatic N) is 3. The summed E-state index contributed by atoms with van der Waals surface area (Å²) in [5.41, 5.74) is -7.63. The van der Waals surface area contributed by atoms with Crippen LogP contribution in [0.15, 0.2) is 24.3 Å². The zero-order chi connectivity index (χ0) is 26.2. The van der Waals surface area contributed by atoms with Crippen molar-refractivity contribution >= 4 is 33.4 Å². The Kier molecular flexibility index (Phi) is 7.50. The molecule has 2 aromatic rings. The van der Waals surface area contributed by atoms with E-state index in [2.05, 4.69) is 9.28 Å². The number of alkyl halides is 6. The Morgan fingerprint density at radius 1 is 1.20 bits per heavy atom. The van der Waals surface area contributed by atoms with E-state index in [1.54, 1.807) is 0 Å². The number of carbonyl (C=O) groups is 1. The Labute approximate surface area is 200 Å². The molecular formula is C19H18ClF6N3O5S. The molecule has 0 N–H and O–H groups in total. The minimum Gasteiger partial charge on any atom is -0.461 e. The average Bonchev–Trinajstić information content (AvgIpc) is 3.21. The zero-order valence-electron chi connectivity index (χ0n) is 17.9. The van der Waals surface area contributed by atoms with Gasteiger partial charge in [0, 0.05) is 24.2 Å².